The van der Waals surface area contributed by atoms with Crippen LogP contribution in [0.2, 0.25) is 0 Å². The fourth-order valence-electron chi connectivity index (χ4n) is 1.62. The molecule has 0 aromatic carbocycles. The minimum atomic E-state index is -0.276. The molecule has 3 N–H and O–H groups in total. The van der Waals surface area contributed by atoms with Crippen LogP contribution in [0.4, 0.5) is 0 Å². The third-order valence-corrected chi connectivity index (χ3v) is 2.61. The molecule has 0 aliphatic heterocycles. The predicted molar refractivity (Wildman–Crippen MR) is 69.2 cm³/mol. The van der Waals surface area contributed by atoms with Crippen LogP contribution < -0.4 is 11.1 Å². The van der Waals surface area contributed by atoms with Gasteiger partial charge in [-0.25, -0.2) is 0 Å². The molecule has 0 saturated heterocycles. The monoisotopic (exact) mass is 260 g/mol. The van der Waals surface area contributed by atoms with Crippen LogP contribution in [-0.2, 0) is 6.54 Å². The second-order valence-electron chi connectivity index (χ2n) is 4.11. The van der Waals surface area contributed by atoms with Gasteiger partial charge < -0.3 is 11.1 Å². The molecular formula is C12H16N6O. The molecule has 0 aliphatic rings. The fourth-order valence-corrected chi connectivity index (χ4v) is 1.62. The van der Waals surface area contributed by atoms with E-state index in [0.29, 0.717) is 13.1 Å². The average Bonchev–Trinajstić information content (AvgIpc) is 2.89. The van der Waals surface area contributed by atoms with Crippen molar-refractivity contribution >= 4 is 5.91 Å². The van der Waals surface area contributed by atoms with E-state index in [1.54, 1.807) is 17.1 Å². The van der Waals surface area contributed by atoms with Crippen LogP contribution in [-0.4, -0.2) is 32.4 Å². The van der Waals surface area contributed by atoms with Crippen LogP contribution in [0.25, 0.3) is 0 Å². The smallest absolute Gasteiger partial charge is 0.273 e. The lowest BCUT2D eigenvalue weighted by Gasteiger charge is -2.11. The highest BCUT2D eigenvalue weighted by molar-refractivity contribution is 5.92. The molecule has 2 rings (SSSR count). The summed E-state index contributed by atoms with van der Waals surface area (Å²) in [6, 6.07) is 5.38. The summed E-state index contributed by atoms with van der Waals surface area (Å²) in [5.74, 6) is -0.276. The molecule has 0 bridgehead atoms. The van der Waals surface area contributed by atoms with E-state index >= 15 is 0 Å². The Balaban J connectivity index is 2.00. The molecule has 2 heterocycles. The zero-order valence-corrected chi connectivity index (χ0v) is 10.7. The van der Waals surface area contributed by atoms with Crippen LogP contribution >= 0.6 is 0 Å². The van der Waals surface area contributed by atoms with Crippen molar-refractivity contribution in [1.82, 2.24) is 25.3 Å². The number of nitrogens with two attached hydrogens (primary N) is 1. The summed E-state index contributed by atoms with van der Waals surface area (Å²) in [6.07, 6.45) is 3.27. The van der Waals surface area contributed by atoms with Crippen molar-refractivity contribution in [2.75, 3.05) is 6.54 Å². The Morgan fingerprint density at radius 3 is 3.05 bits per heavy atom. The molecule has 2 aromatic rings. The zero-order valence-electron chi connectivity index (χ0n) is 10.7. The van der Waals surface area contributed by atoms with E-state index in [0.717, 1.165) is 5.69 Å². The Morgan fingerprint density at radius 2 is 2.37 bits per heavy atom. The average molecular weight is 260 g/mol. The first kappa shape index (κ1) is 13.2. The molecule has 0 fully saturated rings. The van der Waals surface area contributed by atoms with Crippen molar-refractivity contribution in [1.29, 1.82) is 0 Å². The number of carbonyl (C=O) groups excluding carboxylic acids is 1. The van der Waals surface area contributed by atoms with Gasteiger partial charge in [0.1, 0.15) is 0 Å². The van der Waals surface area contributed by atoms with Crippen LogP contribution in [0.1, 0.15) is 29.1 Å². The number of amides is 1. The maximum atomic E-state index is 12.0. The molecule has 0 aliphatic carbocycles. The van der Waals surface area contributed by atoms with Crippen LogP contribution in [0, 0.1) is 0 Å². The molecule has 100 valence electrons. The third-order valence-electron chi connectivity index (χ3n) is 2.61. The minimum Gasteiger partial charge on any atom is -0.342 e. The molecule has 7 nitrogen and oxygen atoms in total. The Labute approximate surface area is 110 Å². The molecule has 19 heavy (non-hydrogen) atoms. The number of pyridine rings is 1. The molecule has 0 unspecified atom stereocenters. The van der Waals surface area contributed by atoms with Crippen LogP contribution in [0.15, 0.2) is 30.6 Å². The molecule has 7 heteroatoms. The molecule has 0 radical (unpaired) electrons. The Hall–Kier alpha value is -2.28. The predicted octanol–water partition coefficient (Wildman–Crippen LogP) is 0.123. The van der Waals surface area contributed by atoms with E-state index in [9.17, 15) is 4.79 Å². The number of rotatable bonds is 5. The van der Waals surface area contributed by atoms with E-state index < -0.39 is 0 Å². The maximum absolute atomic E-state index is 12.0. The number of hydrogen-bond acceptors (Lipinski definition) is 5. The van der Waals surface area contributed by atoms with Gasteiger partial charge in [-0.15, -0.1) is 5.10 Å². The first-order valence-electron chi connectivity index (χ1n) is 6.02. The Kier molecular flexibility index (Phi) is 4.19. The van der Waals surface area contributed by atoms with Crippen LogP contribution in [0.5, 0.6) is 0 Å². The highest BCUT2D eigenvalue weighted by atomic mass is 16.2. The highest BCUT2D eigenvalue weighted by Crippen LogP contribution is 2.08. The van der Waals surface area contributed by atoms with Gasteiger partial charge in [0, 0.05) is 12.7 Å². The summed E-state index contributed by atoms with van der Waals surface area (Å²) in [6.45, 7) is 2.86. The van der Waals surface area contributed by atoms with Crippen LogP contribution in [0.3, 0.4) is 0 Å². The van der Waals surface area contributed by atoms with Gasteiger partial charge in [0.05, 0.1) is 24.5 Å². The van der Waals surface area contributed by atoms with Gasteiger partial charge in [0.25, 0.3) is 5.91 Å². The van der Waals surface area contributed by atoms with Gasteiger partial charge in [0.15, 0.2) is 5.69 Å². The summed E-state index contributed by atoms with van der Waals surface area (Å²) in [5.41, 5.74) is 6.48. The second-order valence-corrected chi connectivity index (χ2v) is 4.11. The van der Waals surface area contributed by atoms with E-state index in [1.165, 1.54) is 0 Å². The van der Waals surface area contributed by atoms with Crippen molar-refractivity contribution in [3.63, 3.8) is 0 Å². The lowest BCUT2D eigenvalue weighted by atomic mass is 10.2. The topological polar surface area (TPSA) is 98.7 Å². The highest BCUT2D eigenvalue weighted by Gasteiger charge is 2.15. The fraction of sp³-hybridized carbons (Fsp3) is 0.333. The van der Waals surface area contributed by atoms with Gasteiger partial charge in [0.2, 0.25) is 0 Å². The summed E-state index contributed by atoms with van der Waals surface area (Å²) in [4.78, 5) is 16.1. The lowest BCUT2D eigenvalue weighted by molar-refractivity contribution is 0.0934. The summed E-state index contributed by atoms with van der Waals surface area (Å²) in [7, 11) is 0. The van der Waals surface area contributed by atoms with Crippen molar-refractivity contribution in [2.24, 2.45) is 5.73 Å². The third kappa shape index (κ3) is 3.35. The van der Waals surface area contributed by atoms with E-state index in [4.69, 9.17) is 5.73 Å². The number of nitrogens with one attached hydrogen (secondary N) is 1. The second kappa shape index (κ2) is 6.05. The van der Waals surface area contributed by atoms with E-state index in [-0.39, 0.29) is 17.6 Å². The first-order valence-corrected chi connectivity index (χ1v) is 6.02. The SMILES string of the molecule is C[C@@H](NC(=O)c1cn(CCN)nn1)c1ccccn1. The van der Waals surface area contributed by atoms with Crippen molar-refractivity contribution < 1.29 is 4.79 Å². The molecule has 1 amide bonds. The van der Waals surface area contributed by atoms with Crippen molar-refractivity contribution in [2.45, 2.75) is 19.5 Å². The standard InChI is InChI=1S/C12H16N6O/c1-9(10-4-2-3-6-14-10)15-12(19)11-8-18(7-5-13)17-16-11/h2-4,6,8-9H,5,7,13H2,1H3,(H,15,19)/t9-/m1/s1. The number of hydrogen-bond donors (Lipinski definition) is 2. The normalized spacial score (nSPS) is 12.1. The summed E-state index contributed by atoms with van der Waals surface area (Å²) < 4.78 is 1.54. The van der Waals surface area contributed by atoms with Gasteiger partial charge in [-0.3, -0.25) is 14.5 Å². The summed E-state index contributed by atoms with van der Waals surface area (Å²) >= 11 is 0. The van der Waals surface area contributed by atoms with E-state index in [1.807, 2.05) is 25.1 Å². The minimum absolute atomic E-state index is 0.187. The van der Waals surface area contributed by atoms with Gasteiger partial charge in [-0.05, 0) is 19.1 Å². The number of carbonyl (C=O) groups is 1. The first-order chi connectivity index (χ1) is 9.20. The summed E-state index contributed by atoms with van der Waals surface area (Å²) in [5, 5.41) is 10.4. The number of aromatic nitrogens is 4. The van der Waals surface area contributed by atoms with Gasteiger partial charge in [-0.2, -0.15) is 0 Å². The zero-order chi connectivity index (χ0) is 13.7. The maximum Gasteiger partial charge on any atom is 0.273 e. The molecule has 0 spiro atoms. The van der Waals surface area contributed by atoms with Crippen molar-refractivity contribution in [3.05, 3.63) is 42.0 Å². The van der Waals surface area contributed by atoms with Crippen molar-refractivity contribution in [3.8, 4) is 0 Å². The quantitative estimate of drug-likeness (QED) is 0.795. The number of nitrogens with zero attached hydrogens (tertiary/aromatic N) is 4. The Morgan fingerprint density at radius 1 is 1.53 bits per heavy atom. The molecule has 1 atom stereocenters. The van der Waals surface area contributed by atoms with E-state index in [2.05, 4.69) is 20.6 Å². The van der Waals surface area contributed by atoms with Gasteiger partial charge >= 0.3 is 0 Å². The largest absolute Gasteiger partial charge is 0.342 e. The molecular weight excluding hydrogens is 244 g/mol. The lowest BCUT2D eigenvalue weighted by Crippen LogP contribution is -2.27. The molecule has 0 saturated carbocycles. The van der Waals surface area contributed by atoms with Gasteiger partial charge in [-0.1, -0.05) is 11.3 Å². The molecule has 2 aromatic heterocycles. The Bertz CT molecular complexity index is 538.